The van der Waals surface area contributed by atoms with Crippen LogP contribution in [0, 0.1) is 21.4 Å². The minimum Gasteiger partial charge on any atom is -0.450 e. The van der Waals surface area contributed by atoms with E-state index in [0.29, 0.717) is 6.07 Å². The first-order valence-electron chi connectivity index (χ1n) is 5.95. The molecule has 0 bridgehead atoms. The number of nitro benzene ring substituents is 1. The fourth-order valence-electron chi connectivity index (χ4n) is 1.74. The molecular weight excluding hydrogens is 337 g/mol. The van der Waals surface area contributed by atoms with Crippen LogP contribution in [0.5, 0.6) is 11.5 Å². The fourth-order valence-corrected chi connectivity index (χ4v) is 2.00. The van der Waals surface area contributed by atoms with Gasteiger partial charge < -0.3 is 4.74 Å². The van der Waals surface area contributed by atoms with Gasteiger partial charge in [0.25, 0.3) is 0 Å². The molecule has 0 saturated carbocycles. The molecule has 0 spiro atoms. The molecule has 5 nitrogen and oxygen atoms in total. The van der Waals surface area contributed by atoms with Crippen molar-refractivity contribution in [2.24, 2.45) is 0 Å². The van der Waals surface area contributed by atoms with Crippen LogP contribution in [0.3, 0.4) is 0 Å². The van der Waals surface area contributed by atoms with Crippen LogP contribution in [0.1, 0.15) is 11.1 Å². The summed E-state index contributed by atoms with van der Waals surface area (Å²) in [6, 6.07) is 8.50. The molecule has 0 aliphatic heterocycles. The number of nitrogens with zero attached hydrogens (tertiary/aromatic N) is 2. The normalized spacial score (nSPS) is 10.9. The maximum absolute atomic E-state index is 12.8. The average Bonchev–Trinajstić information content (AvgIpc) is 2.45. The Bertz CT molecular complexity index is 816. The molecule has 2 aromatic carbocycles. The quantitative estimate of drug-likeness (QED) is 0.585. The van der Waals surface area contributed by atoms with Gasteiger partial charge in [-0.2, -0.15) is 18.4 Å². The third-order valence-corrected chi connectivity index (χ3v) is 3.05. The van der Waals surface area contributed by atoms with Gasteiger partial charge in [0.2, 0.25) is 5.75 Å². The van der Waals surface area contributed by atoms with Crippen LogP contribution in [-0.2, 0) is 6.18 Å². The molecule has 0 fully saturated rings. The first kappa shape index (κ1) is 16.6. The first-order valence-corrected chi connectivity index (χ1v) is 6.33. The topological polar surface area (TPSA) is 76.2 Å². The lowest BCUT2D eigenvalue weighted by Gasteiger charge is -2.12. The molecule has 2 aromatic rings. The van der Waals surface area contributed by atoms with E-state index < -0.39 is 33.1 Å². The highest BCUT2D eigenvalue weighted by Gasteiger charge is 2.36. The zero-order valence-corrected chi connectivity index (χ0v) is 11.9. The summed E-state index contributed by atoms with van der Waals surface area (Å²) in [5, 5.41) is 19.0. The van der Waals surface area contributed by atoms with E-state index in [4.69, 9.17) is 21.6 Å². The number of nitriles is 1. The van der Waals surface area contributed by atoms with Gasteiger partial charge in [0.1, 0.15) is 5.75 Å². The third kappa shape index (κ3) is 3.70. The molecule has 23 heavy (non-hydrogen) atoms. The summed E-state index contributed by atoms with van der Waals surface area (Å²) in [6.45, 7) is 0. The first-order chi connectivity index (χ1) is 10.7. The molecule has 118 valence electrons. The fraction of sp³-hybridized carbons (Fsp3) is 0.0714. The second-order valence-corrected chi connectivity index (χ2v) is 4.70. The molecular formula is C14H6ClF3N2O3. The van der Waals surface area contributed by atoms with Crippen LogP contribution < -0.4 is 4.74 Å². The lowest BCUT2D eigenvalue weighted by molar-refractivity contribution is -0.385. The number of benzene rings is 2. The Balaban J connectivity index is 2.52. The Kier molecular flexibility index (Phi) is 4.43. The molecule has 0 atom stereocenters. The number of hydrogen-bond acceptors (Lipinski definition) is 4. The van der Waals surface area contributed by atoms with Gasteiger partial charge in [-0.1, -0.05) is 17.7 Å². The summed E-state index contributed by atoms with van der Waals surface area (Å²) in [4.78, 5) is 9.98. The Labute approximate surface area is 132 Å². The van der Waals surface area contributed by atoms with Gasteiger partial charge >= 0.3 is 11.9 Å². The molecule has 0 aromatic heterocycles. The minimum atomic E-state index is -4.83. The molecule has 0 aliphatic rings. The number of alkyl halides is 3. The second kappa shape index (κ2) is 6.14. The van der Waals surface area contributed by atoms with Gasteiger partial charge in [0.05, 0.1) is 27.1 Å². The lowest BCUT2D eigenvalue weighted by atomic mass is 10.1. The number of hydrogen-bond donors (Lipinski definition) is 0. The highest BCUT2D eigenvalue weighted by atomic mass is 35.5. The predicted molar refractivity (Wildman–Crippen MR) is 74.3 cm³/mol. The van der Waals surface area contributed by atoms with Crippen LogP contribution in [0.25, 0.3) is 0 Å². The van der Waals surface area contributed by atoms with Gasteiger partial charge in [-0.05, 0) is 18.2 Å². The number of halogens is 4. The molecule has 2 rings (SSSR count). The van der Waals surface area contributed by atoms with Crippen molar-refractivity contribution >= 4 is 17.3 Å². The minimum absolute atomic E-state index is 0.0583. The third-order valence-electron chi connectivity index (χ3n) is 2.74. The van der Waals surface area contributed by atoms with Crippen molar-refractivity contribution in [3.05, 3.63) is 62.7 Å². The number of nitro groups is 1. The summed E-state index contributed by atoms with van der Waals surface area (Å²) in [7, 11) is 0. The summed E-state index contributed by atoms with van der Waals surface area (Å²) in [5.41, 5.74) is -1.99. The zero-order valence-electron chi connectivity index (χ0n) is 11.1. The van der Waals surface area contributed by atoms with Crippen molar-refractivity contribution in [1.82, 2.24) is 0 Å². The van der Waals surface area contributed by atoms with E-state index in [9.17, 15) is 23.3 Å². The summed E-state index contributed by atoms with van der Waals surface area (Å²) in [6.07, 6.45) is -4.83. The summed E-state index contributed by atoms with van der Waals surface area (Å²) in [5.74, 6) is -0.397. The molecule has 0 aliphatic carbocycles. The summed E-state index contributed by atoms with van der Waals surface area (Å²) < 4.78 is 43.5. The van der Waals surface area contributed by atoms with Crippen LogP contribution >= 0.6 is 11.6 Å². The zero-order chi connectivity index (χ0) is 17.2. The van der Waals surface area contributed by atoms with E-state index in [1.165, 1.54) is 24.3 Å². The molecule has 0 saturated heterocycles. The van der Waals surface area contributed by atoms with Crippen LogP contribution in [0.15, 0.2) is 36.4 Å². The van der Waals surface area contributed by atoms with Crippen LogP contribution in [0.2, 0.25) is 5.02 Å². The highest BCUT2D eigenvalue weighted by molar-refractivity contribution is 6.31. The molecule has 0 amide bonds. The molecule has 0 radical (unpaired) electrons. The lowest BCUT2D eigenvalue weighted by Crippen LogP contribution is -2.07. The molecule has 0 N–H and O–H groups in total. The van der Waals surface area contributed by atoms with Crippen LogP contribution in [0.4, 0.5) is 18.9 Å². The Morgan fingerprint density at radius 3 is 2.52 bits per heavy atom. The SMILES string of the molecule is N#Cc1cccc(Oc2cc(Cl)c(C(F)(F)F)cc2[N+](=O)[O-])c1. The van der Waals surface area contributed by atoms with Crippen molar-refractivity contribution < 1.29 is 22.8 Å². The maximum Gasteiger partial charge on any atom is 0.418 e. The summed E-state index contributed by atoms with van der Waals surface area (Å²) >= 11 is 5.54. The number of ether oxygens (including phenoxy) is 1. The average molecular weight is 343 g/mol. The second-order valence-electron chi connectivity index (χ2n) is 4.30. The van der Waals surface area contributed by atoms with Crippen molar-refractivity contribution in [3.8, 4) is 17.6 Å². The van der Waals surface area contributed by atoms with E-state index in [1.54, 1.807) is 0 Å². The predicted octanol–water partition coefficient (Wildman–Crippen LogP) is 4.93. The van der Waals surface area contributed by atoms with Gasteiger partial charge in [-0.25, -0.2) is 0 Å². The Morgan fingerprint density at radius 1 is 1.26 bits per heavy atom. The molecule has 0 heterocycles. The van der Waals surface area contributed by atoms with Crippen molar-refractivity contribution in [2.75, 3.05) is 0 Å². The van der Waals surface area contributed by atoms with Crippen molar-refractivity contribution in [1.29, 1.82) is 5.26 Å². The largest absolute Gasteiger partial charge is 0.450 e. The molecule has 0 unspecified atom stereocenters. The van der Waals surface area contributed by atoms with E-state index in [1.807, 2.05) is 6.07 Å². The van der Waals surface area contributed by atoms with Gasteiger partial charge in [0, 0.05) is 12.1 Å². The van der Waals surface area contributed by atoms with Crippen molar-refractivity contribution in [2.45, 2.75) is 6.18 Å². The van der Waals surface area contributed by atoms with E-state index in [-0.39, 0.29) is 11.3 Å². The van der Waals surface area contributed by atoms with E-state index in [0.717, 1.165) is 6.07 Å². The maximum atomic E-state index is 12.8. The highest BCUT2D eigenvalue weighted by Crippen LogP contribution is 2.42. The van der Waals surface area contributed by atoms with E-state index >= 15 is 0 Å². The monoisotopic (exact) mass is 342 g/mol. The van der Waals surface area contributed by atoms with Crippen LogP contribution in [-0.4, -0.2) is 4.92 Å². The standard InChI is InChI=1S/C14H6ClF3N2O3/c15-11-6-13(23-9-3-1-2-8(4-9)7-19)12(20(21)22)5-10(11)14(16,17)18/h1-6H. The Hall–Kier alpha value is -2.79. The smallest absolute Gasteiger partial charge is 0.418 e. The van der Waals surface area contributed by atoms with Gasteiger partial charge in [-0.3, -0.25) is 10.1 Å². The molecule has 9 heteroatoms. The Morgan fingerprint density at radius 2 is 1.96 bits per heavy atom. The van der Waals surface area contributed by atoms with Gasteiger partial charge in [0.15, 0.2) is 0 Å². The van der Waals surface area contributed by atoms with E-state index in [2.05, 4.69) is 0 Å². The van der Waals surface area contributed by atoms with Gasteiger partial charge in [-0.15, -0.1) is 0 Å². The number of rotatable bonds is 3. The van der Waals surface area contributed by atoms with Crippen molar-refractivity contribution in [3.63, 3.8) is 0 Å².